The number of amides is 1. The van der Waals surface area contributed by atoms with Crippen LogP contribution in [0.5, 0.6) is 0 Å². The van der Waals surface area contributed by atoms with Crippen LogP contribution in [0.25, 0.3) is 11.3 Å². The van der Waals surface area contributed by atoms with E-state index in [4.69, 9.17) is 4.98 Å². The fraction of sp³-hybridized carbons (Fsp3) is 0.370. The zero-order valence-electron chi connectivity index (χ0n) is 20.4. The lowest BCUT2D eigenvalue weighted by molar-refractivity contribution is 0.0793. The second kappa shape index (κ2) is 11.6. The van der Waals surface area contributed by atoms with E-state index in [1.54, 1.807) is 11.3 Å². The monoisotopic (exact) mass is 496 g/mol. The summed E-state index contributed by atoms with van der Waals surface area (Å²) in [5, 5.41) is 3.19. The highest BCUT2D eigenvalue weighted by Gasteiger charge is 2.19. The molecular weight excluding hydrogens is 464 g/mol. The molecule has 1 saturated heterocycles. The second-order valence-electron chi connectivity index (χ2n) is 8.76. The first-order valence-corrected chi connectivity index (χ1v) is 12.5. The molecule has 7 heteroatoms. The van der Waals surface area contributed by atoms with Gasteiger partial charge >= 0.3 is 0 Å². The molecule has 0 aliphatic carbocycles. The minimum atomic E-state index is 0. The number of aryl methyl sites for hydroxylation is 2. The number of thiazole rings is 1. The summed E-state index contributed by atoms with van der Waals surface area (Å²) in [6.45, 7) is 9.04. The Labute approximate surface area is 213 Å². The van der Waals surface area contributed by atoms with Crippen LogP contribution in [0.1, 0.15) is 51.8 Å². The van der Waals surface area contributed by atoms with Crippen molar-refractivity contribution in [3.63, 3.8) is 0 Å². The van der Waals surface area contributed by atoms with Crippen LogP contribution in [-0.2, 0) is 6.42 Å². The first-order valence-electron chi connectivity index (χ1n) is 11.6. The van der Waals surface area contributed by atoms with Gasteiger partial charge in [-0.25, -0.2) is 9.98 Å². The summed E-state index contributed by atoms with van der Waals surface area (Å²) in [6, 6.07) is 12.3. The van der Waals surface area contributed by atoms with Crippen LogP contribution in [-0.4, -0.2) is 53.7 Å². The first-order chi connectivity index (χ1) is 15.9. The summed E-state index contributed by atoms with van der Waals surface area (Å²) in [7, 11) is 2.03. The number of aromatic nitrogens is 1. The molecule has 0 unspecified atom stereocenters. The minimum absolute atomic E-state index is 0. The second-order valence-corrected chi connectivity index (χ2v) is 9.71. The van der Waals surface area contributed by atoms with Gasteiger partial charge in [-0.05, 0) is 68.5 Å². The number of hydrogen-bond acceptors (Lipinski definition) is 4. The van der Waals surface area contributed by atoms with Crippen molar-refractivity contribution in [2.24, 2.45) is 4.99 Å². The Morgan fingerprint density at radius 3 is 2.53 bits per heavy atom. The molecule has 5 nitrogen and oxygen atoms in total. The molecule has 4 rings (SSSR count). The molecule has 0 radical (unpaired) electrons. The number of carbonyl (C=O) groups is 1. The zero-order valence-corrected chi connectivity index (χ0v) is 22.0. The van der Waals surface area contributed by atoms with Crippen molar-refractivity contribution in [3.05, 3.63) is 69.0 Å². The SMILES string of the molecule is CCN(C)C=Nc1cc(C)c(Cc2nc(-c3ccc(C(=O)N4CCCC4)cc3)cs2)cc1C.Cl. The molecule has 1 aliphatic rings. The van der Waals surface area contributed by atoms with Crippen LogP contribution < -0.4 is 0 Å². The van der Waals surface area contributed by atoms with Crippen molar-refractivity contribution in [1.82, 2.24) is 14.8 Å². The first kappa shape index (κ1) is 25.9. The van der Waals surface area contributed by atoms with Gasteiger partial charge in [-0.2, -0.15) is 0 Å². The average molecular weight is 497 g/mol. The zero-order chi connectivity index (χ0) is 23.4. The van der Waals surface area contributed by atoms with Crippen molar-refractivity contribution >= 4 is 41.7 Å². The minimum Gasteiger partial charge on any atom is -0.366 e. The van der Waals surface area contributed by atoms with Crippen molar-refractivity contribution in [3.8, 4) is 11.3 Å². The molecule has 0 atom stereocenters. The topological polar surface area (TPSA) is 48.8 Å². The van der Waals surface area contributed by atoms with Crippen molar-refractivity contribution in [1.29, 1.82) is 0 Å². The van der Waals surface area contributed by atoms with E-state index in [9.17, 15) is 4.79 Å². The van der Waals surface area contributed by atoms with Gasteiger partial charge in [-0.1, -0.05) is 18.2 Å². The number of likely N-dealkylation sites (tertiary alicyclic amines) is 1. The van der Waals surface area contributed by atoms with E-state index >= 15 is 0 Å². The molecule has 0 N–H and O–H groups in total. The fourth-order valence-corrected chi connectivity index (χ4v) is 4.83. The molecule has 2 heterocycles. The fourth-order valence-electron chi connectivity index (χ4n) is 4.01. The quantitative estimate of drug-likeness (QED) is 0.285. The highest BCUT2D eigenvalue weighted by atomic mass is 35.5. The Bertz CT molecular complexity index is 1150. The Hall–Kier alpha value is -2.70. The molecule has 1 amide bonds. The van der Waals surface area contributed by atoms with E-state index in [2.05, 4.69) is 48.2 Å². The van der Waals surface area contributed by atoms with Crippen LogP contribution in [0.4, 0.5) is 5.69 Å². The largest absolute Gasteiger partial charge is 0.366 e. The summed E-state index contributed by atoms with van der Waals surface area (Å²) >= 11 is 1.68. The predicted octanol–water partition coefficient (Wildman–Crippen LogP) is 6.29. The Kier molecular flexibility index (Phi) is 8.86. The van der Waals surface area contributed by atoms with Crippen molar-refractivity contribution < 1.29 is 4.79 Å². The summed E-state index contributed by atoms with van der Waals surface area (Å²) in [5.41, 5.74) is 7.47. The van der Waals surface area contributed by atoms with Gasteiger partial charge < -0.3 is 9.80 Å². The van der Waals surface area contributed by atoms with E-state index in [0.29, 0.717) is 0 Å². The van der Waals surface area contributed by atoms with Crippen LogP contribution in [0.15, 0.2) is 46.8 Å². The third kappa shape index (κ3) is 6.05. The lowest BCUT2D eigenvalue weighted by Crippen LogP contribution is -2.27. The van der Waals surface area contributed by atoms with Gasteiger partial charge in [0, 0.05) is 49.6 Å². The van der Waals surface area contributed by atoms with Gasteiger partial charge in [0.1, 0.15) is 0 Å². The number of halogens is 1. The average Bonchev–Trinajstić information content (AvgIpc) is 3.52. The third-order valence-corrected chi connectivity index (χ3v) is 7.11. The number of rotatable bonds is 7. The normalized spacial score (nSPS) is 13.4. The molecule has 3 aromatic rings. The molecule has 0 spiro atoms. The smallest absolute Gasteiger partial charge is 0.253 e. The van der Waals surface area contributed by atoms with Gasteiger partial charge in [0.2, 0.25) is 0 Å². The van der Waals surface area contributed by atoms with Crippen LogP contribution in [0, 0.1) is 13.8 Å². The highest BCUT2D eigenvalue weighted by molar-refractivity contribution is 7.10. The number of nitrogens with zero attached hydrogens (tertiary/aromatic N) is 4. The Balaban J connectivity index is 0.00000324. The Morgan fingerprint density at radius 1 is 1.15 bits per heavy atom. The summed E-state index contributed by atoms with van der Waals surface area (Å²) in [6.07, 6.45) is 4.91. The molecule has 1 aromatic heterocycles. The van der Waals surface area contributed by atoms with E-state index < -0.39 is 0 Å². The lowest BCUT2D eigenvalue weighted by atomic mass is 10.0. The van der Waals surface area contributed by atoms with E-state index in [-0.39, 0.29) is 18.3 Å². The van der Waals surface area contributed by atoms with Gasteiger partial charge in [-0.15, -0.1) is 23.7 Å². The molecule has 2 aromatic carbocycles. The maximum atomic E-state index is 12.6. The van der Waals surface area contributed by atoms with Crippen LogP contribution >= 0.6 is 23.7 Å². The van der Waals surface area contributed by atoms with Gasteiger partial charge in [0.15, 0.2) is 0 Å². The van der Waals surface area contributed by atoms with Crippen LogP contribution in [0.2, 0.25) is 0 Å². The van der Waals surface area contributed by atoms with Crippen molar-refractivity contribution in [2.45, 2.75) is 40.0 Å². The summed E-state index contributed by atoms with van der Waals surface area (Å²) in [4.78, 5) is 26.1. The maximum Gasteiger partial charge on any atom is 0.253 e. The predicted molar refractivity (Wildman–Crippen MR) is 145 cm³/mol. The third-order valence-electron chi connectivity index (χ3n) is 6.26. The number of hydrogen-bond donors (Lipinski definition) is 0. The van der Waals surface area contributed by atoms with Gasteiger partial charge in [0.25, 0.3) is 5.91 Å². The Morgan fingerprint density at radius 2 is 1.85 bits per heavy atom. The highest BCUT2D eigenvalue weighted by Crippen LogP contribution is 2.28. The molecular formula is C27H33ClN4OS. The molecule has 1 fully saturated rings. The van der Waals surface area contributed by atoms with Crippen LogP contribution in [0.3, 0.4) is 0 Å². The molecule has 0 bridgehead atoms. The van der Waals surface area contributed by atoms with E-state index in [1.807, 2.05) is 42.6 Å². The lowest BCUT2D eigenvalue weighted by Gasteiger charge is -2.15. The standard InChI is InChI=1S/C27H32N4OS.ClH/c1-5-30(4)18-28-24-15-19(2)23(14-20(24)3)16-26-29-25(17-33-26)21-8-10-22(11-9-21)27(32)31-12-6-7-13-31;/h8-11,14-15,17-18H,5-7,12-13,16H2,1-4H3;1H. The van der Waals surface area contributed by atoms with Gasteiger partial charge in [0.05, 0.1) is 22.7 Å². The summed E-state index contributed by atoms with van der Waals surface area (Å²) in [5.74, 6) is 0.137. The van der Waals surface area contributed by atoms with Gasteiger partial charge in [-0.3, -0.25) is 4.79 Å². The number of aliphatic imine (C=N–C) groups is 1. The van der Waals surface area contributed by atoms with Crippen molar-refractivity contribution in [2.75, 3.05) is 26.7 Å². The maximum absolute atomic E-state index is 12.6. The molecule has 34 heavy (non-hydrogen) atoms. The molecule has 180 valence electrons. The number of carbonyl (C=O) groups excluding carboxylic acids is 1. The number of benzene rings is 2. The molecule has 1 aliphatic heterocycles. The summed E-state index contributed by atoms with van der Waals surface area (Å²) < 4.78 is 0. The van der Waals surface area contributed by atoms with E-state index in [0.717, 1.165) is 66.4 Å². The van der Waals surface area contributed by atoms with E-state index in [1.165, 1.54) is 16.7 Å². The molecule has 0 saturated carbocycles.